The van der Waals surface area contributed by atoms with Crippen LogP contribution in [-0.2, 0) is 9.53 Å². The van der Waals surface area contributed by atoms with Crippen LogP contribution in [0.5, 0.6) is 0 Å². The van der Waals surface area contributed by atoms with Gasteiger partial charge in [0.2, 0.25) is 5.28 Å². The van der Waals surface area contributed by atoms with Crippen LogP contribution >= 0.6 is 11.6 Å². The molecule has 4 aliphatic carbocycles. The second kappa shape index (κ2) is 6.66. The Kier molecular flexibility index (Phi) is 4.26. The van der Waals surface area contributed by atoms with Gasteiger partial charge in [0.25, 0.3) is 0 Å². The van der Waals surface area contributed by atoms with E-state index in [9.17, 15) is 4.79 Å². The van der Waals surface area contributed by atoms with Gasteiger partial charge < -0.3 is 10.1 Å². The minimum Gasteiger partial charge on any atom is -0.466 e. The molecule has 0 amide bonds. The highest BCUT2D eigenvalue weighted by Gasteiger charge is 2.48. The Hall–Kier alpha value is -1.82. The molecular formula is C20H25ClN4O2. The lowest BCUT2D eigenvalue weighted by Gasteiger charge is -2.47. The van der Waals surface area contributed by atoms with Gasteiger partial charge in [-0.1, -0.05) is 0 Å². The molecule has 2 atom stereocenters. The number of carbonyl (C=O) groups is 1. The molecule has 4 saturated carbocycles. The van der Waals surface area contributed by atoms with E-state index in [2.05, 4.69) is 27.5 Å². The Labute approximate surface area is 163 Å². The summed E-state index contributed by atoms with van der Waals surface area (Å²) in [5, 5.41) is 8.26. The third-order valence-corrected chi connectivity index (χ3v) is 6.75. The smallest absolute Gasteiger partial charge is 0.311 e. The number of carbonyl (C=O) groups excluding carboxylic acids is 1. The van der Waals surface area contributed by atoms with Gasteiger partial charge in [0.05, 0.1) is 12.5 Å². The zero-order valence-electron chi connectivity index (χ0n) is 15.5. The first-order valence-electron chi connectivity index (χ1n) is 10.1. The van der Waals surface area contributed by atoms with E-state index in [1.54, 1.807) is 0 Å². The summed E-state index contributed by atoms with van der Waals surface area (Å²) < 4.78 is 7.34. The number of nitrogens with zero attached hydrogens (tertiary/aromatic N) is 3. The lowest BCUT2D eigenvalue weighted by molar-refractivity contribution is -0.154. The first-order valence-corrected chi connectivity index (χ1v) is 10.5. The summed E-state index contributed by atoms with van der Waals surface area (Å²) in [6.07, 6.45) is 6.94. The zero-order valence-corrected chi connectivity index (χ0v) is 16.3. The van der Waals surface area contributed by atoms with E-state index in [4.69, 9.17) is 16.3 Å². The van der Waals surface area contributed by atoms with Gasteiger partial charge in [-0.05, 0) is 81.0 Å². The fourth-order valence-electron chi connectivity index (χ4n) is 5.18. The molecule has 2 bridgehead atoms. The van der Waals surface area contributed by atoms with Crippen LogP contribution in [0.25, 0.3) is 5.52 Å². The Bertz CT molecular complexity index is 870. The van der Waals surface area contributed by atoms with Gasteiger partial charge in [0.1, 0.15) is 5.52 Å². The topological polar surface area (TPSA) is 68.5 Å². The average Bonchev–Trinajstić information content (AvgIpc) is 3.42. The first kappa shape index (κ1) is 17.3. The highest BCUT2D eigenvalue weighted by atomic mass is 35.5. The van der Waals surface area contributed by atoms with Gasteiger partial charge in [0.15, 0.2) is 5.82 Å². The van der Waals surface area contributed by atoms with E-state index in [0.717, 1.165) is 37.0 Å². The fraction of sp³-hybridized carbons (Fsp3) is 0.650. The molecule has 0 aliphatic heterocycles. The van der Waals surface area contributed by atoms with E-state index in [-0.39, 0.29) is 23.2 Å². The second-order valence-corrected chi connectivity index (χ2v) is 8.52. The number of rotatable bonds is 5. The zero-order chi connectivity index (χ0) is 18.5. The van der Waals surface area contributed by atoms with E-state index in [1.807, 2.05) is 11.4 Å². The van der Waals surface area contributed by atoms with Crippen LogP contribution in [0.4, 0.5) is 5.82 Å². The predicted octanol–water partition coefficient (Wildman–Crippen LogP) is 4.04. The van der Waals surface area contributed by atoms with Crippen LogP contribution < -0.4 is 5.32 Å². The Morgan fingerprint density at radius 3 is 2.67 bits per heavy atom. The summed E-state index contributed by atoms with van der Waals surface area (Å²) >= 11 is 6.25. The van der Waals surface area contributed by atoms with E-state index in [0.29, 0.717) is 24.4 Å². The van der Waals surface area contributed by atoms with Gasteiger partial charge in [-0.2, -0.15) is 4.98 Å². The highest BCUT2D eigenvalue weighted by molar-refractivity contribution is 6.28. The molecule has 0 spiro atoms. The van der Waals surface area contributed by atoms with E-state index in [1.165, 1.54) is 18.5 Å². The standard InChI is InChI=1S/C20H25ClN4O2/c1-2-27-19(26)16-12-5-7-13(8-6-12)17(16)22-18-15-10-9-14(11-3-4-11)25(15)24-20(21)23-18/h9-13,16-17H,2-8H2,1H3,(H,22,23,24)/t12?,13?,16-,17-/m1/s1. The van der Waals surface area contributed by atoms with Crippen molar-refractivity contribution in [3.05, 3.63) is 23.1 Å². The molecule has 0 aromatic carbocycles. The van der Waals surface area contributed by atoms with Gasteiger partial charge in [0, 0.05) is 17.7 Å². The maximum absolute atomic E-state index is 12.7. The number of aromatic nitrogens is 3. The predicted molar refractivity (Wildman–Crippen MR) is 103 cm³/mol. The van der Waals surface area contributed by atoms with Crippen LogP contribution in [0.1, 0.15) is 57.1 Å². The molecule has 2 aromatic heterocycles. The molecule has 4 aliphatic rings. The van der Waals surface area contributed by atoms with Gasteiger partial charge in [-0.25, -0.2) is 4.52 Å². The number of ether oxygens (including phenoxy) is 1. The number of anilines is 1. The minimum absolute atomic E-state index is 0.0468. The third kappa shape index (κ3) is 2.98. The molecular weight excluding hydrogens is 364 g/mol. The largest absolute Gasteiger partial charge is 0.466 e. The van der Waals surface area contributed by atoms with Crippen molar-refractivity contribution in [2.45, 2.75) is 57.4 Å². The molecule has 4 fully saturated rings. The molecule has 0 unspecified atom stereocenters. The summed E-state index contributed by atoms with van der Waals surface area (Å²) in [7, 11) is 0. The van der Waals surface area contributed by atoms with E-state index >= 15 is 0 Å². The molecule has 0 radical (unpaired) electrons. The highest BCUT2D eigenvalue weighted by Crippen LogP contribution is 2.47. The molecule has 0 saturated heterocycles. The summed E-state index contributed by atoms with van der Waals surface area (Å²) in [6, 6.07) is 4.23. The minimum atomic E-state index is -0.107. The van der Waals surface area contributed by atoms with Crippen molar-refractivity contribution in [1.82, 2.24) is 14.6 Å². The molecule has 1 N–H and O–H groups in total. The summed E-state index contributed by atoms with van der Waals surface area (Å²) in [4.78, 5) is 17.2. The number of nitrogens with one attached hydrogen (secondary N) is 1. The van der Waals surface area contributed by atoms with Crippen LogP contribution in [-0.4, -0.2) is 33.2 Å². The maximum Gasteiger partial charge on any atom is 0.311 e. The molecule has 6 nitrogen and oxygen atoms in total. The number of esters is 1. The monoisotopic (exact) mass is 388 g/mol. The number of hydrogen-bond donors (Lipinski definition) is 1. The average molecular weight is 389 g/mol. The summed E-state index contributed by atoms with van der Waals surface area (Å²) in [6.45, 7) is 2.29. The van der Waals surface area contributed by atoms with Crippen molar-refractivity contribution in [1.29, 1.82) is 0 Å². The lowest BCUT2D eigenvalue weighted by atomic mass is 9.61. The normalized spacial score (nSPS) is 29.9. The fourth-order valence-corrected chi connectivity index (χ4v) is 5.34. The van der Waals surface area contributed by atoms with Crippen LogP contribution in [0, 0.1) is 17.8 Å². The second-order valence-electron chi connectivity index (χ2n) is 8.18. The number of halogens is 1. The molecule has 2 heterocycles. The SMILES string of the molecule is CCOC(=O)[C@@H]1C2CCC(CC2)[C@H]1Nc1nc(Cl)nn2c(C3CC3)ccc12. The quantitative estimate of drug-likeness (QED) is 0.783. The molecule has 6 rings (SSSR count). The van der Waals surface area contributed by atoms with Gasteiger partial charge in [-0.3, -0.25) is 4.79 Å². The summed E-state index contributed by atoms with van der Waals surface area (Å²) in [5.41, 5.74) is 2.13. The van der Waals surface area contributed by atoms with Crippen LogP contribution in [0.3, 0.4) is 0 Å². The molecule has 7 heteroatoms. The van der Waals surface area contributed by atoms with Crippen molar-refractivity contribution in [3.8, 4) is 0 Å². The number of hydrogen-bond acceptors (Lipinski definition) is 5. The van der Waals surface area contributed by atoms with E-state index < -0.39 is 0 Å². The maximum atomic E-state index is 12.7. The van der Waals surface area contributed by atoms with Gasteiger partial charge in [-0.15, -0.1) is 5.10 Å². The van der Waals surface area contributed by atoms with Crippen molar-refractivity contribution >= 4 is 28.9 Å². The van der Waals surface area contributed by atoms with Crippen molar-refractivity contribution in [2.75, 3.05) is 11.9 Å². The first-order chi connectivity index (χ1) is 13.2. The summed E-state index contributed by atoms with van der Waals surface area (Å²) in [5.74, 6) is 1.99. The van der Waals surface area contributed by atoms with Crippen molar-refractivity contribution in [3.63, 3.8) is 0 Å². The Morgan fingerprint density at radius 2 is 1.96 bits per heavy atom. The van der Waals surface area contributed by atoms with Crippen molar-refractivity contribution < 1.29 is 9.53 Å². The Balaban J connectivity index is 1.50. The molecule has 27 heavy (non-hydrogen) atoms. The molecule has 2 aromatic rings. The van der Waals surface area contributed by atoms with Crippen molar-refractivity contribution in [2.24, 2.45) is 17.8 Å². The third-order valence-electron chi connectivity index (χ3n) is 6.59. The van der Waals surface area contributed by atoms with Crippen LogP contribution in [0.15, 0.2) is 12.1 Å². The van der Waals surface area contributed by atoms with Crippen LogP contribution in [0.2, 0.25) is 5.28 Å². The van der Waals surface area contributed by atoms with Gasteiger partial charge >= 0.3 is 5.97 Å². The lowest BCUT2D eigenvalue weighted by Crippen LogP contribution is -2.52. The number of fused-ring (bicyclic) bond motifs is 4. The Morgan fingerprint density at radius 1 is 1.22 bits per heavy atom. The molecule has 144 valence electrons.